The lowest BCUT2D eigenvalue weighted by Gasteiger charge is -2.14. The minimum absolute atomic E-state index is 0. The van der Waals surface area contributed by atoms with Crippen LogP contribution < -0.4 is 24.8 Å². The zero-order chi connectivity index (χ0) is 21.3. The summed E-state index contributed by atoms with van der Waals surface area (Å²) in [7, 11) is 4.94. The van der Waals surface area contributed by atoms with Crippen molar-refractivity contribution in [3.8, 4) is 28.6 Å². The van der Waals surface area contributed by atoms with Crippen molar-refractivity contribution in [3.05, 3.63) is 48.3 Å². The van der Waals surface area contributed by atoms with Crippen molar-refractivity contribution in [1.29, 1.82) is 0 Å². The van der Waals surface area contributed by atoms with Crippen molar-refractivity contribution in [1.82, 2.24) is 20.5 Å². The van der Waals surface area contributed by atoms with Gasteiger partial charge in [0, 0.05) is 24.4 Å². The minimum Gasteiger partial charge on any atom is -0.497 e. The molecule has 3 rings (SSSR count). The molecule has 1 heterocycles. The molecular weight excluding hydrogens is 511 g/mol. The third-order valence-corrected chi connectivity index (χ3v) is 4.25. The summed E-state index contributed by atoms with van der Waals surface area (Å²) in [5.74, 6) is 4.03. The summed E-state index contributed by atoms with van der Waals surface area (Å²) in [6.45, 7) is 2.93. The van der Waals surface area contributed by atoms with Crippen LogP contribution >= 0.6 is 24.0 Å². The van der Waals surface area contributed by atoms with Gasteiger partial charge in [0.2, 0.25) is 0 Å². The molecule has 0 amide bonds. The first-order valence-corrected chi connectivity index (χ1v) is 9.51. The molecule has 1 aromatic heterocycles. The van der Waals surface area contributed by atoms with Gasteiger partial charge in [-0.1, -0.05) is 0 Å². The average molecular weight is 538 g/mol. The molecule has 0 aliphatic rings. The van der Waals surface area contributed by atoms with Crippen LogP contribution in [0, 0.1) is 0 Å². The molecular formula is C21H27IN6O3. The van der Waals surface area contributed by atoms with E-state index < -0.39 is 0 Å². The van der Waals surface area contributed by atoms with Crippen LogP contribution in [0.4, 0.5) is 5.69 Å². The fourth-order valence-electron chi connectivity index (χ4n) is 2.75. The number of methoxy groups -OCH3 is 2. The van der Waals surface area contributed by atoms with E-state index in [9.17, 15) is 0 Å². The summed E-state index contributed by atoms with van der Waals surface area (Å²) >= 11 is 0. The van der Waals surface area contributed by atoms with E-state index in [0.717, 1.165) is 17.0 Å². The number of ether oxygens (including phenoxy) is 3. The number of nitrogens with zero attached hydrogens (tertiary/aromatic N) is 3. The molecule has 0 aliphatic carbocycles. The van der Waals surface area contributed by atoms with Gasteiger partial charge in [-0.05, 0) is 43.3 Å². The van der Waals surface area contributed by atoms with Crippen molar-refractivity contribution in [3.63, 3.8) is 0 Å². The highest BCUT2D eigenvalue weighted by atomic mass is 127. The summed E-state index contributed by atoms with van der Waals surface area (Å²) in [6.07, 6.45) is 0. The van der Waals surface area contributed by atoms with E-state index in [1.807, 2.05) is 49.4 Å². The lowest BCUT2D eigenvalue weighted by molar-refractivity contribution is 0.311. The predicted molar refractivity (Wildman–Crippen MR) is 132 cm³/mol. The largest absolute Gasteiger partial charge is 0.497 e. The Balaban J connectivity index is 0.00000341. The summed E-state index contributed by atoms with van der Waals surface area (Å²) in [5.41, 5.74) is 1.72. The number of guanidine groups is 1. The molecule has 0 spiro atoms. The molecule has 0 unspecified atom stereocenters. The van der Waals surface area contributed by atoms with Crippen molar-refractivity contribution in [2.75, 3.05) is 33.2 Å². The highest BCUT2D eigenvalue weighted by Gasteiger charge is 2.09. The number of hydrogen-bond acceptors (Lipinski definition) is 6. The first kappa shape index (κ1) is 24.3. The van der Waals surface area contributed by atoms with Crippen LogP contribution in [0.1, 0.15) is 12.7 Å². The molecule has 0 radical (unpaired) electrons. The maximum absolute atomic E-state index is 5.55. The first-order valence-electron chi connectivity index (χ1n) is 9.51. The monoisotopic (exact) mass is 538 g/mol. The Morgan fingerprint density at radius 3 is 2.48 bits per heavy atom. The Bertz CT molecular complexity index is 991. The van der Waals surface area contributed by atoms with Gasteiger partial charge >= 0.3 is 0 Å². The van der Waals surface area contributed by atoms with E-state index in [-0.39, 0.29) is 24.0 Å². The summed E-state index contributed by atoms with van der Waals surface area (Å²) in [4.78, 5) is 8.76. The van der Waals surface area contributed by atoms with E-state index in [4.69, 9.17) is 14.2 Å². The van der Waals surface area contributed by atoms with E-state index >= 15 is 0 Å². The molecule has 10 heteroatoms. The Labute approximate surface area is 198 Å². The van der Waals surface area contributed by atoms with Crippen LogP contribution in [0.2, 0.25) is 0 Å². The van der Waals surface area contributed by atoms with Crippen molar-refractivity contribution in [2.24, 2.45) is 4.99 Å². The molecule has 166 valence electrons. The SMILES string of the molecule is CCOc1ccc(NC(=NC)NCc2nc(-c3ccc(OC)cc3)n[nH]2)cc1OC.I. The number of aliphatic imine (C=N–C) groups is 1. The molecule has 2 aromatic carbocycles. The number of H-pyrrole nitrogens is 1. The number of anilines is 1. The second kappa shape index (κ2) is 12.0. The van der Waals surface area contributed by atoms with Crippen molar-refractivity contribution < 1.29 is 14.2 Å². The fraction of sp³-hybridized carbons (Fsp3) is 0.286. The minimum atomic E-state index is 0. The molecule has 0 fully saturated rings. The lowest BCUT2D eigenvalue weighted by atomic mass is 10.2. The van der Waals surface area contributed by atoms with Crippen molar-refractivity contribution in [2.45, 2.75) is 13.5 Å². The molecule has 31 heavy (non-hydrogen) atoms. The fourth-order valence-corrected chi connectivity index (χ4v) is 2.75. The van der Waals surface area contributed by atoms with E-state index in [0.29, 0.717) is 42.3 Å². The zero-order valence-electron chi connectivity index (χ0n) is 17.9. The molecule has 0 aliphatic heterocycles. The third-order valence-electron chi connectivity index (χ3n) is 4.25. The average Bonchev–Trinajstić information content (AvgIpc) is 3.26. The number of hydrogen-bond donors (Lipinski definition) is 3. The van der Waals surface area contributed by atoms with Gasteiger partial charge in [0.15, 0.2) is 23.3 Å². The summed E-state index contributed by atoms with van der Waals surface area (Å²) < 4.78 is 16.1. The van der Waals surface area contributed by atoms with Gasteiger partial charge in [-0.3, -0.25) is 10.1 Å². The Hall–Kier alpha value is -3.02. The number of rotatable bonds is 8. The summed E-state index contributed by atoms with van der Waals surface area (Å²) in [6, 6.07) is 13.2. The van der Waals surface area contributed by atoms with Crippen LogP contribution in [0.5, 0.6) is 17.2 Å². The van der Waals surface area contributed by atoms with Gasteiger partial charge in [0.25, 0.3) is 0 Å². The Morgan fingerprint density at radius 2 is 1.84 bits per heavy atom. The van der Waals surface area contributed by atoms with E-state index in [2.05, 4.69) is 30.8 Å². The van der Waals surface area contributed by atoms with Crippen LogP contribution in [0.3, 0.4) is 0 Å². The van der Waals surface area contributed by atoms with Crippen LogP contribution in [0.25, 0.3) is 11.4 Å². The highest BCUT2D eigenvalue weighted by molar-refractivity contribution is 14.0. The van der Waals surface area contributed by atoms with Crippen molar-refractivity contribution >= 4 is 35.6 Å². The number of aromatic nitrogens is 3. The molecule has 0 bridgehead atoms. The standard InChI is InChI=1S/C21H26N6O3.HI/c1-5-30-17-11-8-15(12-18(17)29-4)24-21(22-2)23-13-19-25-20(27-26-19)14-6-9-16(28-3)10-7-14;/h6-12H,5,13H2,1-4H3,(H2,22,23,24)(H,25,26,27);1H. The molecule has 3 aromatic rings. The number of aromatic amines is 1. The zero-order valence-corrected chi connectivity index (χ0v) is 20.3. The molecule has 3 N–H and O–H groups in total. The van der Waals surface area contributed by atoms with E-state index in [1.54, 1.807) is 21.3 Å². The quantitative estimate of drug-likeness (QED) is 0.228. The van der Waals surface area contributed by atoms with Gasteiger partial charge in [-0.25, -0.2) is 4.98 Å². The molecule has 0 saturated carbocycles. The maximum atomic E-state index is 5.55. The second-order valence-corrected chi connectivity index (χ2v) is 6.18. The Kier molecular flexibility index (Phi) is 9.38. The predicted octanol–water partition coefficient (Wildman–Crippen LogP) is 3.69. The second-order valence-electron chi connectivity index (χ2n) is 6.18. The van der Waals surface area contributed by atoms with Gasteiger partial charge in [-0.15, -0.1) is 24.0 Å². The maximum Gasteiger partial charge on any atom is 0.195 e. The number of benzene rings is 2. The molecule has 0 atom stereocenters. The van der Waals surface area contributed by atoms with E-state index in [1.165, 1.54) is 0 Å². The normalized spacial score (nSPS) is 10.8. The molecule has 9 nitrogen and oxygen atoms in total. The van der Waals surface area contributed by atoms with Gasteiger partial charge in [-0.2, -0.15) is 5.10 Å². The number of nitrogens with one attached hydrogen (secondary N) is 3. The highest BCUT2D eigenvalue weighted by Crippen LogP contribution is 2.30. The van der Waals surface area contributed by atoms with Gasteiger partial charge < -0.3 is 24.8 Å². The summed E-state index contributed by atoms with van der Waals surface area (Å²) in [5, 5.41) is 13.6. The topological polar surface area (TPSA) is 106 Å². The van der Waals surface area contributed by atoms with Gasteiger partial charge in [0.05, 0.1) is 27.4 Å². The van der Waals surface area contributed by atoms with Crippen LogP contribution in [0.15, 0.2) is 47.5 Å². The number of halogens is 1. The van der Waals surface area contributed by atoms with Crippen LogP contribution in [-0.2, 0) is 6.54 Å². The lowest BCUT2D eigenvalue weighted by Crippen LogP contribution is -2.30. The van der Waals surface area contributed by atoms with Gasteiger partial charge in [0.1, 0.15) is 11.6 Å². The Morgan fingerprint density at radius 1 is 1.06 bits per heavy atom. The first-order chi connectivity index (χ1) is 14.7. The van der Waals surface area contributed by atoms with Crippen LogP contribution in [-0.4, -0.2) is 49.0 Å². The smallest absolute Gasteiger partial charge is 0.195 e. The third kappa shape index (κ3) is 6.48. The molecule has 0 saturated heterocycles.